The molecule has 1 amide bonds. The number of fused-ring (bicyclic) bond motifs is 1. The van der Waals surface area contributed by atoms with E-state index in [4.69, 9.17) is 21.3 Å². The van der Waals surface area contributed by atoms with Crippen molar-refractivity contribution in [2.75, 3.05) is 17.2 Å². The molecule has 0 aliphatic heterocycles. The van der Waals surface area contributed by atoms with Crippen LogP contribution in [-0.2, 0) is 4.79 Å². The standard InChI is InChI=1S/C31H32ClF3N4O3/c1-19-14-21(17-30(2,3)16-19)39-27-13-12-23(41-18-28(40)37-25-7-5-4-6-24(25)32)15-26(27)38-29(39)36-20-8-10-22(11-9-20)42-31(33,34)35/h4-13,15,19,21H,14,16-18H2,1-3H3,(H,36,38)(H,37,40)/t19-,21-/m0/s1. The Morgan fingerprint density at radius 1 is 1.07 bits per heavy atom. The molecule has 222 valence electrons. The van der Waals surface area contributed by atoms with Gasteiger partial charge in [-0.25, -0.2) is 4.98 Å². The largest absolute Gasteiger partial charge is 0.573 e. The third-order valence-corrected chi connectivity index (χ3v) is 7.58. The van der Waals surface area contributed by atoms with Crippen molar-refractivity contribution in [1.29, 1.82) is 0 Å². The summed E-state index contributed by atoms with van der Waals surface area (Å²) in [4.78, 5) is 17.3. The number of aromatic nitrogens is 2. The molecule has 7 nitrogen and oxygen atoms in total. The lowest BCUT2D eigenvalue weighted by molar-refractivity contribution is -0.274. The van der Waals surface area contributed by atoms with Crippen LogP contribution in [-0.4, -0.2) is 28.4 Å². The molecule has 1 fully saturated rings. The highest BCUT2D eigenvalue weighted by molar-refractivity contribution is 6.33. The Morgan fingerprint density at radius 3 is 2.48 bits per heavy atom. The third-order valence-electron chi connectivity index (χ3n) is 7.25. The molecule has 0 radical (unpaired) electrons. The lowest BCUT2D eigenvalue weighted by Crippen LogP contribution is -2.29. The lowest BCUT2D eigenvalue weighted by atomic mass is 9.70. The minimum Gasteiger partial charge on any atom is -0.484 e. The van der Waals surface area contributed by atoms with Crippen molar-refractivity contribution in [3.8, 4) is 11.5 Å². The van der Waals surface area contributed by atoms with Crippen LogP contribution in [0.1, 0.15) is 46.1 Å². The van der Waals surface area contributed by atoms with E-state index in [9.17, 15) is 18.0 Å². The molecule has 11 heteroatoms. The van der Waals surface area contributed by atoms with E-state index in [-0.39, 0.29) is 29.7 Å². The fraction of sp³-hybridized carbons (Fsp3) is 0.355. The average Bonchev–Trinajstić information content (AvgIpc) is 3.25. The van der Waals surface area contributed by atoms with Gasteiger partial charge >= 0.3 is 6.36 Å². The van der Waals surface area contributed by atoms with Gasteiger partial charge in [-0.05, 0) is 79.1 Å². The number of anilines is 3. The predicted octanol–water partition coefficient (Wildman–Crippen LogP) is 8.74. The highest BCUT2D eigenvalue weighted by atomic mass is 35.5. The predicted molar refractivity (Wildman–Crippen MR) is 158 cm³/mol. The van der Waals surface area contributed by atoms with Crippen LogP contribution < -0.4 is 20.1 Å². The molecule has 1 heterocycles. The van der Waals surface area contributed by atoms with Gasteiger partial charge in [0, 0.05) is 17.8 Å². The maximum absolute atomic E-state index is 12.6. The summed E-state index contributed by atoms with van der Waals surface area (Å²) in [5.74, 6) is 0.885. The van der Waals surface area contributed by atoms with E-state index in [1.165, 1.54) is 24.3 Å². The van der Waals surface area contributed by atoms with E-state index >= 15 is 0 Å². The van der Waals surface area contributed by atoms with E-state index in [2.05, 4.69) is 40.7 Å². The Balaban J connectivity index is 1.40. The molecule has 0 saturated heterocycles. The number of nitrogens with zero attached hydrogens (tertiary/aromatic N) is 2. The molecule has 0 bridgehead atoms. The van der Waals surface area contributed by atoms with Gasteiger partial charge in [-0.15, -0.1) is 13.2 Å². The monoisotopic (exact) mass is 600 g/mol. The number of nitrogens with one attached hydrogen (secondary N) is 2. The first-order valence-electron chi connectivity index (χ1n) is 13.7. The van der Waals surface area contributed by atoms with Crippen molar-refractivity contribution in [3.05, 3.63) is 71.8 Å². The normalized spacial score (nSPS) is 18.5. The molecule has 0 spiro atoms. The van der Waals surface area contributed by atoms with Gasteiger partial charge in [0.25, 0.3) is 5.91 Å². The van der Waals surface area contributed by atoms with Crippen LogP contribution in [0.3, 0.4) is 0 Å². The fourth-order valence-electron chi connectivity index (χ4n) is 5.89. The van der Waals surface area contributed by atoms with Crippen molar-refractivity contribution in [3.63, 3.8) is 0 Å². The summed E-state index contributed by atoms with van der Waals surface area (Å²) in [5, 5.41) is 6.45. The quantitative estimate of drug-likeness (QED) is 0.211. The number of carbonyl (C=O) groups excluding carboxylic acids is 1. The number of hydrogen-bond acceptors (Lipinski definition) is 5. The third kappa shape index (κ3) is 7.28. The van der Waals surface area contributed by atoms with Gasteiger partial charge in [0.15, 0.2) is 6.61 Å². The molecule has 42 heavy (non-hydrogen) atoms. The minimum absolute atomic E-state index is 0.130. The maximum Gasteiger partial charge on any atom is 0.573 e. The van der Waals surface area contributed by atoms with E-state index < -0.39 is 6.36 Å². The molecule has 1 aromatic heterocycles. The Bertz CT molecular complexity index is 1570. The number of alkyl halides is 3. The Kier molecular flexibility index (Phi) is 8.28. The Morgan fingerprint density at radius 2 is 1.79 bits per heavy atom. The van der Waals surface area contributed by atoms with Gasteiger partial charge in [-0.1, -0.05) is 44.5 Å². The second-order valence-electron chi connectivity index (χ2n) is 11.5. The minimum atomic E-state index is -4.76. The molecule has 4 aromatic rings. The van der Waals surface area contributed by atoms with Crippen molar-refractivity contribution < 1.29 is 27.4 Å². The lowest BCUT2D eigenvalue weighted by Gasteiger charge is -2.40. The van der Waals surface area contributed by atoms with E-state index in [1.54, 1.807) is 36.4 Å². The molecule has 1 saturated carbocycles. The number of para-hydroxylation sites is 1. The fourth-order valence-corrected chi connectivity index (χ4v) is 6.07. The summed E-state index contributed by atoms with van der Waals surface area (Å²) < 4.78 is 49.8. The summed E-state index contributed by atoms with van der Waals surface area (Å²) in [6, 6.07) is 18.1. The number of benzene rings is 3. The zero-order chi connectivity index (χ0) is 30.1. The number of halogens is 4. The topological polar surface area (TPSA) is 77.4 Å². The summed E-state index contributed by atoms with van der Waals surface area (Å²) in [6.07, 6.45) is -1.74. The average molecular weight is 601 g/mol. The molecule has 5 rings (SSSR count). The Labute approximate surface area is 247 Å². The van der Waals surface area contributed by atoms with Gasteiger partial charge in [-0.2, -0.15) is 0 Å². The smallest absolute Gasteiger partial charge is 0.484 e. The first kappa shape index (κ1) is 29.6. The van der Waals surface area contributed by atoms with E-state index in [0.717, 1.165) is 24.8 Å². The molecule has 0 unspecified atom stereocenters. The number of amides is 1. The highest BCUT2D eigenvalue weighted by Gasteiger charge is 2.35. The first-order chi connectivity index (χ1) is 19.8. The number of hydrogen-bond donors (Lipinski definition) is 2. The summed E-state index contributed by atoms with van der Waals surface area (Å²) >= 11 is 6.13. The molecule has 1 aliphatic carbocycles. The Hall–Kier alpha value is -3.92. The summed E-state index contributed by atoms with van der Waals surface area (Å²) in [6.45, 7) is 6.56. The first-order valence-corrected chi connectivity index (χ1v) is 14.0. The SMILES string of the molecule is C[C@H]1C[C@H](n2c(Nc3ccc(OC(F)(F)F)cc3)nc3cc(OCC(=O)Nc4ccccc4Cl)ccc32)CC(C)(C)C1. The van der Waals surface area contributed by atoms with Crippen molar-refractivity contribution in [2.45, 2.75) is 52.4 Å². The van der Waals surface area contributed by atoms with Crippen LogP contribution in [0.15, 0.2) is 66.7 Å². The van der Waals surface area contributed by atoms with Crippen LogP contribution in [0.25, 0.3) is 11.0 Å². The molecular weight excluding hydrogens is 569 g/mol. The van der Waals surface area contributed by atoms with Crippen molar-refractivity contribution in [2.24, 2.45) is 11.3 Å². The highest BCUT2D eigenvalue weighted by Crippen LogP contribution is 2.46. The molecule has 3 aromatic carbocycles. The van der Waals surface area contributed by atoms with Crippen molar-refractivity contribution in [1.82, 2.24) is 9.55 Å². The second-order valence-corrected chi connectivity index (χ2v) is 11.9. The van der Waals surface area contributed by atoms with E-state index in [1.807, 2.05) is 6.07 Å². The van der Waals surface area contributed by atoms with Gasteiger partial charge in [0.2, 0.25) is 5.95 Å². The van der Waals surface area contributed by atoms with Gasteiger partial charge in [0.1, 0.15) is 11.5 Å². The van der Waals surface area contributed by atoms with Gasteiger partial charge < -0.3 is 24.7 Å². The second kappa shape index (κ2) is 11.8. The van der Waals surface area contributed by atoms with E-state index in [0.29, 0.717) is 39.5 Å². The van der Waals surface area contributed by atoms with Gasteiger partial charge in [-0.3, -0.25) is 4.79 Å². The van der Waals surface area contributed by atoms with Crippen LogP contribution in [0.5, 0.6) is 11.5 Å². The van der Waals surface area contributed by atoms with Gasteiger partial charge in [0.05, 0.1) is 21.7 Å². The number of ether oxygens (including phenoxy) is 2. The molecular formula is C31H32ClF3N4O3. The summed E-state index contributed by atoms with van der Waals surface area (Å²) in [7, 11) is 0. The molecule has 1 aliphatic rings. The number of carbonyl (C=O) groups is 1. The summed E-state index contributed by atoms with van der Waals surface area (Å²) in [5.41, 5.74) is 2.74. The van der Waals surface area contributed by atoms with Crippen LogP contribution in [0, 0.1) is 11.3 Å². The maximum atomic E-state index is 12.6. The number of rotatable bonds is 8. The molecule has 2 N–H and O–H groups in total. The number of imidazole rings is 1. The van der Waals surface area contributed by atoms with Crippen molar-refractivity contribution >= 4 is 45.9 Å². The molecule has 2 atom stereocenters. The van der Waals surface area contributed by atoms with Crippen LogP contribution in [0.2, 0.25) is 5.02 Å². The van der Waals surface area contributed by atoms with Crippen LogP contribution in [0.4, 0.5) is 30.5 Å². The van der Waals surface area contributed by atoms with Crippen LogP contribution >= 0.6 is 11.6 Å². The zero-order valence-electron chi connectivity index (χ0n) is 23.5. The zero-order valence-corrected chi connectivity index (χ0v) is 24.2.